The number of rotatable bonds is 2. The molecule has 0 aromatic heterocycles. The number of hydrogen-bond donors (Lipinski definition) is 0. The Balaban J connectivity index is 1.80. The highest BCUT2D eigenvalue weighted by atomic mass is 16.5. The van der Waals surface area contributed by atoms with E-state index in [2.05, 4.69) is 12.1 Å². The SMILES string of the molecule is CCN1CC2(CCN(C(=O)OC)CC2)C[C@H](c2ccccc2)C1=O. The maximum Gasteiger partial charge on any atom is 0.409 e. The number of piperidine rings is 2. The van der Waals surface area contributed by atoms with Crippen LogP contribution in [0.5, 0.6) is 0 Å². The van der Waals surface area contributed by atoms with Crippen LogP contribution >= 0.6 is 0 Å². The Labute approximate surface area is 143 Å². The van der Waals surface area contributed by atoms with Crippen molar-refractivity contribution in [3.05, 3.63) is 35.9 Å². The molecule has 1 aromatic carbocycles. The van der Waals surface area contributed by atoms with Crippen LogP contribution in [0, 0.1) is 5.41 Å². The molecule has 0 radical (unpaired) electrons. The first-order valence-corrected chi connectivity index (χ1v) is 8.75. The van der Waals surface area contributed by atoms with E-state index in [1.165, 1.54) is 7.11 Å². The lowest BCUT2D eigenvalue weighted by atomic mass is 9.67. The van der Waals surface area contributed by atoms with Crippen molar-refractivity contribution in [1.82, 2.24) is 9.80 Å². The van der Waals surface area contributed by atoms with Crippen molar-refractivity contribution >= 4 is 12.0 Å². The van der Waals surface area contributed by atoms with Crippen LogP contribution in [0.25, 0.3) is 0 Å². The molecule has 0 aliphatic carbocycles. The Morgan fingerprint density at radius 1 is 1.25 bits per heavy atom. The normalized spacial score (nSPS) is 23.4. The van der Waals surface area contributed by atoms with E-state index in [9.17, 15) is 9.59 Å². The maximum absolute atomic E-state index is 12.8. The van der Waals surface area contributed by atoms with E-state index in [1.54, 1.807) is 4.90 Å². The molecule has 0 bridgehead atoms. The molecule has 1 aromatic rings. The standard InChI is InChI=1S/C19H26N2O3/c1-3-20-14-19(9-11-21(12-10-19)18(23)24-2)13-16(17(20)22)15-7-5-4-6-8-15/h4-8,16H,3,9-14H2,1-2H3/t16-/m1/s1. The fourth-order valence-electron chi connectivity index (χ4n) is 4.16. The molecular weight excluding hydrogens is 304 g/mol. The van der Waals surface area contributed by atoms with Crippen LogP contribution in [-0.2, 0) is 9.53 Å². The van der Waals surface area contributed by atoms with E-state index in [-0.39, 0.29) is 23.3 Å². The van der Waals surface area contributed by atoms with Gasteiger partial charge in [-0.3, -0.25) is 4.79 Å². The summed E-state index contributed by atoms with van der Waals surface area (Å²) in [5.41, 5.74) is 1.21. The van der Waals surface area contributed by atoms with E-state index in [1.807, 2.05) is 30.0 Å². The number of likely N-dealkylation sites (N-methyl/N-ethyl adjacent to an activating group) is 1. The van der Waals surface area contributed by atoms with Crippen molar-refractivity contribution in [2.75, 3.05) is 33.3 Å². The first kappa shape index (κ1) is 16.8. The molecule has 1 spiro atoms. The van der Waals surface area contributed by atoms with Gasteiger partial charge >= 0.3 is 6.09 Å². The average molecular weight is 330 g/mol. The van der Waals surface area contributed by atoms with Gasteiger partial charge in [-0.1, -0.05) is 30.3 Å². The molecule has 24 heavy (non-hydrogen) atoms. The van der Waals surface area contributed by atoms with Crippen LogP contribution in [-0.4, -0.2) is 55.1 Å². The third kappa shape index (κ3) is 3.12. The van der Waals surface area contributed by atoms with Gasteiger partial charge in [0.2, 0.25) is 5.91 Å². The van der Waals surface area contributed by atoms with Crippen LogP contribution in [0.3, 0.4) is 0 Å². The number of hydrogen-bond acceptors (Lipinski definition) is 3. The van der Waals surface area contributed by atoms with Gasteiger partial charge in [0.15, 0.2) is 0 Å². The lowest BCUT2D eigenvalue weighted by Gasteiger charge is -2.49. The zero-order chi connectivity index (χ0) is 17.2. The van der Waals surface area contributed by atoms with Crippen LogP contribution in [0.1, 0.15) is 37.7 Å². The average Bonchev–Trinajstić information content (AvgIpc) is 2.64. The minimum absolute atomic E-state index is 0.0652. The Kier molecular flexibility index (Phi) is 4.78. The summed E-state index contributed by atoms with van der Waals surface area (Å²) < 4.78 is 4.84. The van der Waals surface area contributed by atoms with E-state index in [0.717, 1.165) is 37.9 Å². The maximum atomic E-state index is 12.8. The summed E-state index contributed by atoms with van der Waals surface area (Å²) in [6.45, 7) is 5.01. The Morgan fingerprint density at radius 2 is 1.92 bits per heavy atom. The molecular formula is C19H26N2O3. The van der Waals surface area contributed by atoms with Crippen molar-refractivity contribution < 1.29 is 14.3 Å². The first-order chi connectivity index (χ1) is 11.6. The van der Waals surface area contributed by atoms with E-state index < -0.39 is 0 Å². The summed E-state index contributed by atoms with van der Waals surface area (Å²) in [7, 11) is 1.43. The van der Waals surface area contributed by atoms with Crippen molar-refractivity contribution in [2.45, 2.75) is 32.1 Å². The predicted molar refractivity (Wildman–Crippen MR) is 91.7 cm³/mol. The van der Waals surface area contributed by atoms with Crippen LogP contribution < -0.4 is 0 Å². The smallest absolute Gasteiger partial charge is 0.409 e. The van der Waals surface area contributed by atoms with E-state index in [0.29, 0.717) is 13.1 Å². The molecule has 2 aliphatic heterocycles. The van der Waals surface area contributed by atoms with Crippen LogP contribution in [0.2, 0.25) is 0 Å². The van der Waals surface area contributed by atoms with E-state index in [4.69, 9.17) is 4.74 Å². The fraction of sp³-hybridized carbons (Fsp3) is 0.579. The number of carbonyl (C=O) groups excluding carboxylic acids is 2. The third-order valence-corrected chi connectivity index (χ3v) is 5.61. The number of amides is 2. The highest BCUT2D eigenvalue weighted by Crippen LogP contribution is 2.45. The van der Waals surface area contributed by atoms with Crippen molar-refractivity contribution in [3.63, 3.8) is 0 Å². The molecule has 130 valence electrons. The first-order valence-electron chi connectivity index (χ1n) is 8.75. The minimum atomic E-state index is -0.247. The highest BCUT2D eigenvalue weighted by molar-refractivity contribution is 5.84. The number of likely N-dealkylation sites (tertiary alicyclic amines) is 2. The van der Waals surface area contributed by atoms with Gasteiger partial charge in [0.25, 0.3) is 0 Å². The number of nitrogens with zero attached hydrogens (tertiary/aromatic N) is 2. The molecule has 2 aliphatic rings. The molecule has 5 heteroatoms. The topological polar surface area (TPSA) is 49.9 Å². The zero-order valence-corrected chi connectivity index (χ0v) is 14.5. The molecule has 2 saturated heterocycles. The van der Waals surface area contributed by atoms with Crippen LogP contribution in [0.4, 0.5) is 4.79 Å². The van der Waals surface area contributed by atoms with Gasteiger partial charge in [-0.15, -0.1) is 0 Å². The van der Waals surface area contributed by atoms with Gasteiger partial charge < -0.3 is 14.5 Å². The molecule has 0 unspecified atom stereocenters. The summed E-state index contributed by atoms with van der Waals surface area (Å²) in [6.07, 6.45) is 2.48. The largest absolute Gasteiger partial charge is 0.453 e. The number of methoxy groups -OCH3 is 1. The van der Waals surface area contributed by atoms with Gasteiger partial charge in [0.05, 0.1) is 13.0 Å². The van der Waals surface area contributed by atoms with Crippen molar-refractivity contribution in [2.24, 2.45) is 5.41 Å². The summed E-state index contributed by atoms with van der Waals surface area (Å²) in [6, 6.07) is 10.1. The van der Waals surface area contributed by atoms with Crippen molar-refractivity contribution in [1.29, 1.82) is 0 Å². The molecule has 3 rings (SSSR count). The van der Waals surface area contributed by atoms with Gasteiger partial charge in [-0.25, -0.2) is 4.79 Å². The zero-order valence-electron chi connectivity index (χ0n) is 14.5. The summed E-state index contributed by atoms with van der Waals surface area (Å²) >= 11 is 0. The monoisotopic (exact) mass is 330 g/mol. The number of benzene rings is 1. The highest BCUT2D eigenvalue weighted by Gasteiger charge is 2.46. The van der Waals surface area contributed by atoms with Gasteiger partial charge in [0.1, 0.15) is 0 Å². The second-order valence-corrected chi connectivity index (χ2v) is 6.98. The third-order valence-electron chi connectivity index (χ3n) is 5.61. The fourth-order valence-corrected chi connectivity index (χ4v) is 4.16. The Hall–Kier alpha value is -2.04. The number of ether oxygens (including phenoxy) is 1. The molecule has 0 saturated carbocycles. The second kappa shape index (κ2) is 6.83. The lowest BCUT2D eigenvalue weighted by molar-refractivity contribution is -0.141. The van der Waals surface area contributed by atoms with Gasteiger partial charge in [-0.2, -0.15) is 0 Å². The molecule has 2 fully saturated rings. The van der Waals surface area contributed by atoms with E-state index >= 15 is 0 Å². The molecule has 0 N–H and O–H groups in total. The summed E-state index contributed by atoms with van der Waals surface area (Å²) in [5.74, 6) is 0.175. The van der Waals surface area contributed by atoms with Crippen molar-refractivity contribution in [3.8, 4) is 0 Å². The van der Waals surface area contributed by atoms with Gasteiger partial charge in [-0.05, 0) is 37.2 Å². The lowest BCUT2D eigenvalue weighted by Crippen LogP contribution is -2.54. The Morgan fingerprint density at radius 3 is 2.50 bits per heavy atom. The molecule has 2 amide bonds. The minimum Gasteiger partial charge on any atom is -0.453 e. The second-order valence-electron chi connectivity index (χ2n) is 6.98. The molecule has 2 heterocycles. The Bertz CT molecular complexity index is 594. The summed E-state index contributed by atoms with van der Waals surface area (Å²) in [5, 5.41) is 0. The quantitative estimate of drug-likeness (QED) is 0.838. The molecule has 1 atom stereocenters. The number of carbonyl (C=O) groups is 2. The molecule has 5 nitrogen and oxygen atoms in total. The van der Waals surface area contributed by atoms with Crippen LogP contribution in [0.15, 0.2) is 30.3 Å². The van der Waals surface area contributed by atoms with Gasteiger partial charge in [0, 0.05) is 26.2 Å². The predicted octanol–water partition coefficient (Wildman–Crippen LogP) is 2.87. The summed E-state index contributed by atoms with van der Waals surface area (Å²) in [4.78, 5) is 28.3.